The Morgan fingerprint density at radius 2 is 1.94 bits per heavy atom. The number of nitrogens with zero attached hydrogens (tertiary/aromatic N) is 2. The zero-order valence-corrected chi connectivity index (χ0v) is 19.3. The van der Waals surface area contributed by atoms with Crippen molar-refractivity contribution in [2.24, 2.45) is 0 Å². The molecule has 0 aliphatic carbocycles. The summed E-state index contributed by atoms with van der Waals surface area (Å²) in [5.41, 5.74) is 2.34. The maximum Gasteiger partial charge on any atom is 0.265 e. The van der Waals surface area contributed by atoms with Gasteiger partial charge < -0.3 is 9.73 Å². The van der Waals surface area contributed by atoms with E-state index in [1.54, 1.807) is 30.3 Å². The molecule has 1 atom stereocenters. The Morgan fingerprint density at radius 1 is 1.18 bits per heavy atom. The van der Waals surface area contributed by atoms with Crippen LogP contribution in [0.1, 0.15) is 16.9 Å². The van der Waals surface area contributed by atoms with Crippen LogP contribution in [0.5, 0.6) is 0 Å². The first kappa shape index (κ1) is 22.7. The predicted molar refractivity (Wildman–Crippen MR) is 128 cm³/mol. The van der Waals surface area contributed by atoms with E-state index in [9.17, 15) is 14.9 Å². The number of halogens is 1. The van der Waals surface area contributed by atoms with E-state index in [-0.39, 0.29) is 18.0 Å². The molecule has 1 aromatic heterocycles. The van der Waals surface area contributed by atoms with E-state index in [4.69, 9.17) is 16.0 Å². The number of furan rings is 1. The summed E-state index contributed by atoms with van der Waals surface area (Å²) in [5, 5.41) is 12.9. The van der Waals surface area contributed by atoms with E-state index in [0.717, 1.165) is 11.1 Å². The molecule has 166 valence electrons. The Morgan fingerprint density at radius 3 is 2.61 bits per heavy atom. The molecule has 1 fully saturated rings. The van der Waals surface area contributed by atoms with E-state index >= 15 is 0 Å². The maximum atomic E-state index is 13.5. The maximum absolute atomic E-state index is 13.5. The van der Waals surface area contributed by atoms with Crippen LogP contribution in [0.4, 0.5) is 5.69 Å². The van der Waals surface area contributed by atoms with Crippen molar-refractivity contribution in [1.29, 1.82) is 5.26 Å². The molecule has 33 heavy (non-hydrogen) atoms. The van der Waals surface area contributed by atoms with Gasteiger partial charge in [0.15, 0.2) is 0 Å². The minimum Gasteiger partial charge on any atom is -0.467 e. The van der Waals surface area contributed by atoms with Crippen LogP contribution in [-0.4, -0.2) is 17.1 Å². The smallest absolute Gasteiger partial charge is 0.265 e. The summed E-state index contributed by atoms with van der Waals surface area (Å²) in [6, 6.07) is 20.2. The van der Waals surface area contributed by atoms with Crippen LogP contribution >= 0.6 is 23.4 Å². The number of aryl methyl sites for hydroxylation is 1. The lowest BCUT2D eigenvalue weighted by atomic mass is 10.1. The Labute approximate surface area is 200 Å². The lowest BCUT2D eigenvalue weighted by Crippen LogP contribution is -2.32. The van der Waals surface area contributed by atoms with Gasteiger partial charge in [-0.3, -0.25) is 14.5 Å². The van der Waals surface area contributed by atoms with Gasteiger partial charge in [-0.1, -0.05) is 59.3 Å². The zero-order chi connectivity index (χ0) is 23.4. The Balaban J connectivity index is 1.69. The number of nitrogens with one attached hydrogen (secondary N) is 1. The molecule has 4 rings (SSSR count). The van der Waals surface area contributed by atoms with Gasteiger partial charge in [0, 0.05) is 10.7 Å². The highest BCUT2D eigenvalue weighted by atomic mass is 35.5. The molecular formula is C25H20ClN3O3S. The molecule has 0 spiro atoms. The lowest BCUT2D eigenvalue weighted by molar-refractivity contribution is -0.117. The summed E-state index contributed by atoms with van der Waals surface area (Å²) in [7, 11) is 0. The molecule has 2 amide bonds. The largest absolute Gasteiger partial charge is 0.467 e. The standard InChI is InChI=1S/C25H20ClN3O3S/c1-16-8-10-18(11-9-16)29-24(31)22(13-17-5-2-3-7-21(17)26)33-25(29)20(14-27)23(30)28-15-19-6-4-12-32-19/h2-12,22H,13,15H2,1H3,(H,28,30)/b25-20-/t22-/m1/s1. The van der Waals surface area contributed by atoms with Gasteiger partial charge in [-0.05, 0) is 49.2 Å². The minimum absolute atomic E-state index is 0.123. The van der Waals surface area contributed by atoms with Crippen molar-refractivity contribution in [3.63, 3.8) is 0 Å². The number of amides is 2. The van der Waals surface area contributed by atoms with Gasteiger partial charge in [-0.15, -0.1) is 0 Å². The summed E-state index contributed by atoms with van der Waals surface area (Å²) in [6.45, 7) is 2.08. The number of carbonyl (C=O) groups excluding carboxylic acids is 2. The molecule has 6 nitrogen and oxygen atoms in total. The molecule has 8 heteroatoms. The summed E-state index contributed by atoms with van der Waals surface area (Å²) < 4.78 is 5.24. The normalized spacial score (nSPS) is 17.1. The van der Waals surface area contributed by atoms with Gasteiger partial charge in [-0.2, -0.15) is 5.26 Å². The first-order chi connectivity index (χ1) is 16.0. The van der Waals surface area contributed by atoms with Crippen molar-refractivity contribution in [3.8, 4) is 6.07 Å². The van der Waals surface area contributed by atoms with Crippen molar-refractivity contribution in [1.82, 2.24) is 5.32 Å². The third kappa shape index (κ3) is 4.98. The second kappa shape index (κ2) is 9.99. The monoisotopic (exact) mass is 477 g/mol. The van der Waals surface area contributed by atoms with Gasteiger partial charge in [0.1, 0.15) is 22.4 Å². The molecule has 0 saturated carbocycles. The van der Waals surface area contributed by atoms with Crippen LogP contribution in [-0.2, 0) is 22.6 Å². The molecule has 0 bridgehead atoms. The van der Waals surface area contributed by atoms with E-state index in [1.165, 1.54) is 22.9 Å². The highest BCUT2D eigenvalue weighted by Gasteiger charge is 2.41. The average molecular weight is 478 g/mol. The lowest BCUT2D eigenvalue weighted by Gasteiger charge is -2.19. The molecule has 0 radical (unpaired) electrons. The number of thioether (sulfide) groups is 1. The molecular weight excluding hydrogens is 458 g/mol. The quantitative estimate of drug-likeness (QED) is 0.399. The number of carbonyl (C=O) groups is 2. The number of anilines is 1. The van der Waals surface area contributed by atoms with Gasteiger partial charge in [0.05, 0.1) is 18.1 Å². The Bertz CT molecular complexity index is 1250. The molecule has 1 N–H and O–H groups in total. The highest BCUT2D eigenvalue weighted by molar-refractivity contribution is 8.05. The van der Waals surface area contributed by atoms with Gasteiger partial charge in [0.2, 0.25) is 5.91 Å². The van der Waals surface area contributed by atoms with Crippen molar-refractivity contribution >= 4 is 40.9 Å². The fourth-order valence-electron chi connectivity index (χ4n) is 3.45. The van der Waals surface area contributed by atoms with Gasteiger partial charge in [0.25, 0.3) is 5.91 Å². The fourth-order valence-corrected chi connectivity index (χ4v) is 4.96. The molecule has 0 unspecified atom stereocenters. The summed E-state index contributed by atoms with van der Waals surface area (Å²) >= 11 is 7.52. The van der Waals surface area contributed by atoms with E-state index in [1.807, 2.05) is 43.3 Å². The average Bonchev–Trinajstić information content (AvgIpc) is 3.44. The highest BCUT2D eigenvalue weighted by Crippen LogP contribution is 2.42. The number of hydrogen-bond donors (Lipinski definition) is 1. The topological polar surface area (TPSA) is 86.3 Å². The van der Waals surface area contributed by atoms with Crippen molar-refractivity contribution in [3.05, 3.63) is 99.4 Å². The van der Waals surface area contributed by atoms with Crippen LogP contribution in [0.15, 0.2) is 81.9 Å². The van der Waals surface area contributed by atoms with Crippen molar-refractivity contribution < 1.29 is 14.0 Å². The number of benzene rings is 2. The number of rotatable bonds is 6. The zero-order valence-electron chi connectivity index (χ0n) is 17.7. The molecule has 1 aliphatic rings. The van der Waals surface area contributed by atoms with Crippen LogP contribution < -0.4 is 10.2 Å². The van der Waals surface area contributed by atoms with Crippen LogP contribution in [0.3, 0.4) is 0 Å². The summed E-state index contributed by atoms with van der Waals surface area (Å²) in [6.07, 6.45) is 1.89. The molecule has 3 aromatic rings. The van der Waals surface area contributed by atoms with Crippen LogP contribution in [0.2, 0.25) is 5.02 Å². The van der Waals surface area contributed by atoms with Crippen molar-refractivity contribution in [2.45, 2.75) is 25.1 Å². The van der Waals surface area contributed by atoms with E-state index in [2.05, 4.69) is 5.32 Å². The summed E-state index contributed by atoms with van der Waals surface area (Å²) in [4.78, 5) is 27.8. The first-order valence-corrected chi connectivity index (χ1v) is 11.5. The Kier molecular flexibility index (Phi) is 6.87. The first-order valence-electron chi connectivity index (χ1n) is 10.2. The molecule has 2 aromatic carbocycles. The molecule has 1 aliphatic heterocycles. The van der Waals surface area contributed by atoms with Gasteiger partial charge in [-0.25, -0.2) is 0 Å². The van der Waals surface area contributed by atoms with Gasteiger partial charge >= 0.3 is 0 Å². The molecule has 1 saturated heterocycles. The summed E-state index contributed by atoms with van der Waals surface area (Å²) in [5.74, 6) is -0.210. The third-order valence-electron chi connectivity index (χ3n) is 5.16. The van der Waals surface area contributed by atoms with Crippen LogP contribution in [0.25, 0.3) is 0 Å². The number of hydrogen-bond acceptors (Lipinski definition) is 5. The second-order valence-electron chi connectivity index (χ2n) is 7.47. The predicted octanol–water partition coefficient (Wildman–Crippen LogP) is 4.98. The van der Waals surface area contributed by atoms with Crippen LogP contribution in [0, 0.1) is 18.3 Å². The van der Waals surface area contributed by atoms with E-state index in [0.29, 0.717) is 27.9 Å². The fraction of sp³-hybridized carbons (Fsp3) is 0.160. The van der Waals surface area contributed by atoms with Crippen molar-refractivity contribution in [2.75, 3.05) is 4.90 Å². The third-order valence-corrected chi connectivity index (χ3v) is 6.80. The molecule has 2 heterocycles. The Hall–Kier alpha value is -3.47. The second-order valence-corrected chi connectivity index (χ2v) is 9.06. The minimum atomic E-state index is -0.570. The SMILES string of the molecule is Cc1ccc(N2C(=O)[C@@H](Cc3ccccc3Cl)S/C2=C(/C#N)C(=O)NCc2ccco2)cc1. The number of nitriles is 1. The van der Waals surface area contributed by atoms with E-state index < -0.39 is 11.2 Å².